The van der Waals surface area contributed by atoms with Crippen molar-refractivity contribution < 1.29 is 14.6 Å². The first-order valence-corrected chi connectivity index (χ1v) is 9.89. The van der Waals surface area contributed by atoms with Gasteiger partial charge in [-0.3, -0.25) is 4.79 Å². The normalized spacial score (nSPS) is 13.6. The van der Waals surface area contributed by atoms with E-state index < -0.39 is 0 Å². The Morgan fingerprint density at radius 3 is 2.32 bits per heavy atom. The predicted molar refractivity (Wildman–Crippen MR) is 114 cm³/mol. The van der Waals surface area contributed by atoms with Gasteiger partial charge >= 0.3 is 0 Å². The number of carbonyl (C=O) groups is 1. The predicted octanol–water partition coefficient (Wildman–Crippen LogP) is 5.59. The summed E-state index contributed by atoms with van der Waals surface area (Å²) >= 11 is 0. The lowest BCUT2D eigenvalue weighted by Crippen LogP contribution is -2.27. The molecule has 0 aliphatic carbocycles. The molecule has 150 valence electrons. The molecule has 2 atom stereocenters. The molecule has 2 rings (SSSR count). The van der Waals surface area contributed by atoms with Crippen LogP contribution in [-0.4, -0.2) is 17.6 Å². The smallest absolute Gasteiger partial charge is 0.255 e. The first kappa shape index (κ1) is 21.5. The van der Waals surface area contributed by atoms with Crippen LogP contribution >= 0.6 is 0 Å². The molecule has 0 radical (unpaired) electrons. The standard InChI is InChI=1S/C24H31NO3/c1-5-6-18(3)16-28-22-13-11-21(12-14-22)23(15-26)24(27)25-19(4)20-9-7-17(2)8-10-20/h7-15,18-19,26H,5-6,16H2,1-4H3,(H,25,27)/t18-,19+/m0/s1. The number of aliphatic hydroxyl groups excluding tert-OH is 1. The number of aryl methyl sites for hydroxylation is 1. The molecule has 0 fully saturated rings. The molecule has 0 aliphatic rings. The Kier molecular flexibility index (Phi) is 8.12. The summed E-state index contributed by atoms with van der Waals surface area (Å²) in [4.78, 5) is 12.6. The van der Waals surface area contributed by atoms with Gasteiger partial charge < -0.3 is 15.2 Å². The van der Waals surface area contributed by atoms with E-state index >= 15 is 0 Å². The highest BCUT2D eigenvalue weighted by atomic mass is 16.5. The van der Waals surface area contributed by atoms with Gasteiger partial charge in [0.1, 0.15) is 5.75 Å². The molecular weight excluding hydrogens is 350 g/mol. The summed E-state index contributed by atoms with van der Waals surface area (Å²) in [6.07, 6.45) is 3.13. The largest absolute Gasteiger partial charge is 0.515 e. The second-order valence-electron chi connectivity index (χ2n) is 7.38. The van der Waals surface area contributed by atoms with Crippen LogP contribution in [0.5, 0.6) is 5.75 Å². The third kappa shape index (κ3) is 6.15. The van der Waals surface area contributed by atoms with E-state index in [-0.39, 0.29) is 17.5 Å². The summed E-state index contributed by atoms with van der Waals surface area (Å²) < 4.78 is 5.80. The number of carbonyl (C=O) groups excluding carboxylic acids is 1. The molecular formula is C24H31NO3. The van der Waals surface area contributed by atoms with Crippen molar-refractivity contribution >= 4 is 11.5 Å². The van der Waals surface area contributed by atoms with Crippen LogP contribution < -0.4 is 10.1 Å². The van der Waals surface area contributed by atoms with Gasteiger partial charge in [-0.15, -0.1) is 0 Å². The minimum absolute atomic E-state index is 0.161. The molecule has 0 aliphatic heterocycles. The molecule has 2 N–H and O–H groups in total. The zero-order valence-corrected chi connectivity index (χ0v) is 17.2. The van der Waals surface area contributed by atoms with Crippen LogP contribution in [0.3, 0.4) is 0 Å². The minimum Gasteiger partial charge on any atom is -0.515 e. The maximum atomic E-state index is 12.6. The summed E-state index contributed by atoms with van der Waals surface area (Å²) in [6, 6.07) is 15.1. The van der Waals surface area contributed by atoms with Gasteiger partial charge in [-0.05, 0) is 49.4 Å². The number of amides is 1. The van der Waals surface area contributed by atoms with Crippen molar-refractivity contribution in [1.29, 1.82) is 0 Å². The first-order chi connectivity index (χ1) is 13.4. The van der Waals surface area contributed by atoms with Crippen molar-refractivity contribution in [2.24, 2.45) is 5.92 Å². The van der Waals surface area contributed by atoms with Gasteiger partial charge in [0.15, 0.2) is 0 Å². The summed E-state index contributed by atoms with van der Waals surface area (Å²) in [5, 5.41) is 12.6. The Morgan fingerprint density at radius 1 is 1.11 bits per heavy atom. The molecule has 0 saturated heterocycles. The lowest BCUT2D eigenvalue weighted by Gasteiger charge is -2.16. The maximum Gasteiger partial charge on any atom is 0.255 e. The van der Waals surface area contributed by atoms with Crippen LogP contribution in [-0.2, 0) is 4.79 Å². The lowest BCUT2D eigenvalue weighted by molar-refractivity contribution is -0.116. The molecule has 4 heteroatoms. The lowest BCUT2D eigenvalue weighted by atomic mass is 10.0. The number of hydrogen-bond donors (Lipinski definition) is 2. The van der Waals surface area contributed by atoms with E-state index in [1.54, 1.807) is 12.1 Å². The number of aliphatic hydroxyl groups is 1. The first-order valence-electron chi connectivity index (χ1n) is 9.89. The fraction of sp³-hybridized carbons (Fsp3) is 0.375. The fourth-order valence-corrected chi connectivity index (χ4v) is 3.02. The monoisotopic (exact) mass is 381 g/mol. The van der Waals surface area contributed by atoms with Crippen molar-refractivity contribution in [3.8, 4) is 5.75 Å². The van der Waals surface area contributed by atoms with Crippen molar-refractivity contribution in [2.75, 3.05) is 6.61 Å². The molecule has 0 unspecified atom stereocenters. The zero-order chi connectivity index (χ0) is 20.5. The highest BCUT2D eigenvalue weighted by molar-refractivity contribution is 6.19. The highest BCUT2D eigenvalue weighted by Crippen LogP contribution is 2.21. The van der Waals surface area contributed by atoms with E-state index in [0.717, 1.165) is 30.4 Å². The quantitative estimate of drug-likeness (QED) is 0.440. The van der Waals surface area contributed by atoms with E-state index in [0.29, 0.717) is 18.1 Å². The molecule has 2 aromatic carbocycles. The number of hydrogen-bond acceptors (Lipinski definition) is 3. The van der Waals surface area contributed by atoms with Gasteiger partial charge in [0.25, 0.3) is 5.91 Å². The van der Waals surface area contributed by atoms with E-state index in [9.17, 15) is 9.90 Å². The van der Waals surface area contributed by atoms with E-state index in [1.165, 1.54) is 5.56 Å². The second kappa shape index (κ2) is 10.5. The molecule has 0 spiro atoms. The van der Waals surface area contributed by atoms with Crippen LogP contribution in [0, 0.1) is 12.8 Å². The van der Waals surface area contributed by atoms with E-state index in [1.807, 2.05) is 50.2 Å². The van der Waals surface area contributed by atoms with Gasteiger partial charge in [0.2, 0.25) is 0 Å². The van der Waals surface area contributed by atoms with Crippen molar-refractivity contribution in [1.82, 2.24) is 5.32 Å². The van der Waals surface area contributed by atoms with Crippen molar-refractivity contribution in [2.45, 2.75) is 46.6 Å². The number of nitrogens with one attached hydrogen (secondary N) is 1. The number of ether oxygens (including phenoxy) is 1. The third-order valence-electron chi connectivity index (χ3n) is 4.78. The van der Waals surface area contributed by atoms with Gasteiger partial charge in [-0.1, -0.05) is 62.2 Å². The average Bonchev–Trinajstić information content (AvgIpc) is 2.68. The van der Waals surface area contributed by atoms with Crippen LogP contribution in [0.4, 0.5) is 0 Å². The molecule has 1 amide bonds. The Morgan fingerprint density at radius 2 is 1.75 bits per heavy atom. The number of benzene rings is 2. The molecule has 28 heavy (non-hydrogen) atoms. The third-order valence-corrected chi connectivity index (χ3v) is 4.78. The SMILES string of the molecule is CCC[C@H](C)COc1ccc(C(=CO)C(=O)N[C@H](C)c2ccc(C)cc2)cc1. The van der Waals surface area contributed by atoms with E-state index in [2.05, 4.69) is 19.2 Å². The second-order valence-corrected chi connectivity index (χ2v) is 7.38. The van der Waals surface area contributed by atoms with Gasteiger partial charge in [-0.25, -0.2) is 0 Å². The highest BCUT2D eigenvalue weighted by Gasteiger charge is 2.16. The fourth-order valence-electron chi connectivity index (χ4n) is 3.02. The summed E-state index contributed by atoms with van der Waals surface area (Å²) in [5.74, 6) is 0.949. The van der Waals surface area contributed by atoms with Crippen molar-refractivity contribution in [3.05, 3.63) is 71.5 Å². The molecule has 4 nitrogen and oxygen atoms in total. The molecule has 0 bridgehead atoms. The number of rotatable bonds is 9. The average molecular weight is 382 g/mol. The summed E-state index contributed by atoms with van der Waals surface area (Å²) in [7, 11) is 0. The summed E-state index contributed by atoms with van der Waals surface area (Å²) in [5.41, 5.74) is 3.06. The van der Waals surface area contributed by atoms with Crippen LogP contribution in [0.1, 0.15) is 56.3 Å². The molecule has 0 saturated carbocycles. The van der Waals surface area contributed by atoms with Crippen molar-refractivity contribution in [3.63, 3.8) is 0 Å². The van der Waals surface area contributed by atoms with E-state index in [4.69, 9.17) is 4.74 Å². The van der Waals surface area contributed by atoms with Crippen LogP contribution in [0.25, 0.3) is 5.57 Å². The summed E-state index contributed by atoms with van der Waals surface area (Å²) in [6.45, 7) is 8.96. The van der Waals surface area contributed by atoms with Crippen LogP contribution in [0.15, 0.2) is 54.8 Å². The Hall–Kier alpha value is -2.75. The van der Waals surface area contributed by atoms with Gasteiger partial charge in [0.05, 0.1) is 24.5 Å². The zero-order valence-electron chi connectivity index (χ0n) is 17.2. The minimum atomic E-state index is -0.319. The maximum absolute atomic E-state index is 12.6. The van der Waals surface area contributed by atoms with Gasteiger partial charge in [-0.2, -0.15) is 0 Å². The van der Waals surface area contributed by atoms with Gasteiger partial charge in [0, 0.05) is 0 Å². The molecule has 0 heterocycles. The molecule has 2 aromatic rings. The Labute approximate surface area is 168 Å². The topological polar surface area (TPSA) is 58.6 Å². The Balaban J connectivity index is 1.99. The Bertz CT molecular complexity index is 779. The van der Waals surface area contributed by atoms with Crippen LogP contribution in [0.2, 0.25) is 0 Å². The molecule has 0 aromatic heterocycles.